The van der Waals surface area contributed by atoms with Gasteiger partial charge in [0, 0.05) is 4.91 Å². The highest BCUT2D eigenvalue weighted by Crippen LogP contribution is 2.30. The number of azide groups is 1. The van der Waals surface area contributed by atoms with E-state index in [4.69, 9.17) is 33.8 Å². The lowest BCUT2D eigenvalue weighted by Crippen LogP contribution is -1.96. The van der Waals surface area contributed by atoms with Crippen molar-refractivity contribution in [1.29, 1.82) is 0 Å². The Morgan fingerprint density at radius 3 is 2.50 bits per heavy atom. The lowest BCUT2D eigenvalue weighted by molar-refractivity contribution is 0.0698. The summed E-state index contributed by atoms with van der Waals surface area (Å²) in [4.78, 5) is 13.2. The zero-order valence-corrected chi connectivity index (χ0v) is 8.12. The number of rotatable bonds is 2. The van der Waals surface area contributed by atoms with Crippen LogP contribution in [0.5, 0.6) is 0 Å². The van der Waals surface area contributed by atoms with Crippen LogP contribution in [0, 0.1) is 0 Å². The third-order valence-corrected chi connectivity index (χ3v) is 2.14. The molecule has 1 rings (SSSR count). The van der Waals surface area contributed by atoms with Crippen molar-refractivity contribution < 1.29 is 9.90 Å². The maximum Gasteiger partial charge on any atom is 0.336 e. The van der Waals surface area contributed by atoms with Crippen molar-refractivity contribution in [3.63, 3.8) is 0 Å². The molecule has 0 radical (unpaired) electrons. The molecule has 0 atom stereocenters. The standard InChI is InChI=1S/C7H3Cl2N3O2/c8-4-1-3(7(13)14)6(11-12-10)2-5(4)9/h1-2H,(H,13,14). The molecule has 0 bridgehead atoms. The maximum atomic E-state index is 10.7. The fourth-order valence-electron chi connectivity index (χ4n) is 0.839. The molecule has 0 aliphatic rings. The molecule has 7 heteroatoms. The van der Waals surface area contributed by atoms with E-state index in [1.54, 1.807) is 0 Å². The quantitative estimate of drug-likeness (QED) is 0.479. The van der Waals surface area contributed by atoms with E-state index in [0.717, 1.165) is 6.07 Å². The molecule has 0 heterocycles. The van der Waals surface area contributed by atoms with E-state index < -0.39 is 5.97 Å². The number of halogens is 2. The Morgan fingerprint density at radius 2 is 2.00 bits per heavy atom. The first-order valence-corrected chi connectivity index (χ1v) is 4.09. The predicted molar refractivity (Wildman–Crippen MR) is 52.2 cm³/mol. The van der Waals surface area contributed by atoms with Gasteiger partial charge in [0.1, 0.15) is 0 Å². The molecule has 1 aromatic carbocycles. The van der Waals surface area contributed by atoms with Crippen molar-refractivity contribution in [2.45, 2.75) is 0 Å². The maximum absolute atomic E-state index is 10.7. The van der Waals surface area contributed by atoms with Gasteiger partial charge in [-0.25, -0.2) is 4.79 Å². The molecule has 0 aliphatic carbocycles. The molecule has 0 aliphatic heterocycles. The third kappa shape index (κ3) is 2.09. The molecule has 0 saturated heterocycles. The molecule has 0 aromatic heterocycles. The topological polar surface area (TPSA) is 86.1 Å². The summed E-state index contributed by atoms with van der Waals surface area (Å²) in [6, 6.07) is 2.34. The number of nitrogens with zero attached hydrogens (tertiary/aromatic N) is 3. The summed E-state index contributed by atoms with van der Waals surface area (Å²) in [6.07, 6.45) is 0. The number of carboxylic acid groups (broad SMARTS) is 1. The van der Waals surface area contributed by atoms with Crippen LogP contribution in [0.1, 0.15) is 10.4 Å². The van der Waals surface area contributed by atoms with Crippen LogP contribution < -0.4 is 0 Å². The highest BCUT2D eigenvalue weighted by atomic mass is 35.5. The highest BCUT2D eigenvalue weighted by Gasteiger charge is 2.11. The van der Waals surface area contributed by atoms with Crippen molar-refractivity contribution in [1.82, 2.24) is 0 Å². The molecule has 72 valence electrons. The Labute approximate surface area is 88.5 Å². The number of hydrogen-bond donors (Lipinski definition) is 1. The van der Waals surface area contributed by atoms with Gasteiger partial charge in [0.15, 0.2) is 0 Å². The van der Waals surface area contributed by atoms with E-state index in [0.29, 0.717) is 0 Å². The van der Waals surface area contributed by atoms with Crippen LogP contribution >= 0.6 is 23.2 Å². The van der Waals surface area contributed by atoms with Gasteiger partial charge in [0.2, 0.25) is 0 Å². The Hall–Kier alpha value is -1.42. The molecule has 0 saturated carbocycles. The number of hydrogen-bond acceptors (Lipinski definition) is 2. The van der Waals surface area contributed by atoms with Gasteiger partial charge < -0.3 is 5.11 Å². The summed E-state index contributed by atoms with van der Waals surface area (Å²) in [5, 5.41) is 12.1. The molecule has 1 aromatic rings. The van der Waals surface area contributed by atoms with E-state index in [-0.39, 0.29) is 21.3 Å². The average Bonchev–Trinajstić information content (AvgIpc) is 2.11. The Morgan fingerprint density at radius 1 is 1.43 bits per heavy atom. The van der Waals surface area contributed by atoms with Gasteiger partial charge >= 0.3 is 5.97 Å². The third-order valence-electron chi connectivity index (χ3n) is 1.42. The highest BCUT2D eigenvalue weighted by molar-refractivity contribution is 6.42. The van der Waals surface area contributed by atoms with E-state index >= 15 is 0 Å². The fourth-order valence-corrected chi connectivity index (χ4v) is 1.16. The zero-order chi connectivity index (χ0) is 10.7. The van der Waals surface area contributed by atoms with Gasteiger partial charge in [-0.15, -0.1) is 0 Å². The van der Waals surface area contributed by atoms with Crippen LogP contribution in [0.2, 0.25) is 10.0 Å². The van der Waals surface area contributed by atoms with E-state index in [1.165, 1.54) is 6.07 Å². The number of benzene rings is 1. The van der Waals surface area contributed by atoms with Crippen LogP contribution in [0.15, 0.2) is 17.2 Å². The minimum absolute atomic E-state index is 0.0607. The van der Waals surface area contributed by atoms with Gasteiger partial charge in [-0.2, -0.15) is 0 Å². The first-order valence-electron chi connectivity index (χ1n) is 3.33. The molecular weight excluding hydrogens is 229 g/mol. The van der Waals surface area contributed by atoms with Crippen molar-refractivity contribution in [3.8, 4) is 0 Å². The van der Waals surface area contributed by atoms with Crippen LogP contribution in [0.25, 0.3) is 10.4 Å². The smallest absolute Gasteiger partial charge is 0.336 e. The summed E-state index contributed by atoms with van der Waals surface area (Å²) in [7, 11) is 0. The largest absolute Gasteiger partial charge is 0.478 e. The Bertz CT molecular complexity index is 414. The van der Waals surface area contributed by atoms with Gasteiger partial charge in [-0.3, -0.25) is 0 Å². The van der Waals surface area contributed by atoms with Crippen LogP contribution in [-0.4, -0.2) is 11.1 Å². The molecular formula is C7H3Cl2N3O2. The van der Waals surface area contributed by atoms with E-state index in [9.17, 15) is 4.79 Å². The summed E-state index contributed by atoms with van der Waals surface area (Å²) in [5.41, 5.74) is 7.93. The molecule has 14 heavy (non-hydrogen) atoms. The monoisotopic (exact) mass is 231 g/mol. The lowest BCUT2D eigenvalue weighted by atomic mass is 10.2. The fraction of sp³-hybridized carbons (Fsp3) is 0. The Kier molecular flexibility index (Phi) is 3.19. The van der Waals surface area contributed by atoms with Gasteiger partial charge in [0.05, 0.1) is 21.3 Å². The molecule has 0 amide bonds. The second-order valence-corrected chi connectivity index (χ2v) is 3.09. The van der Waals surface area contributed by atoms with Crippen LogP contribution in [-0.2, 0) is 0 Å². The molecule has 1 N–H and O–H groups in total. The van der Waals surface area contributed by atoms with Crippen molar-refractivity contribution in [2.24, 2.45) is 5.11 Å². The van der Waals surface area contributed by atoms with Crippen molar-refractivity contribution in [3.05, 3.63) is 38.2 Å². The van der Waals surface area contributed by atoms with Gasteiger partial charge in [-0.1, -0.05) is 28.3 Å². The number of carboxylic acids is 1. The van der Waals surface area contributed by atoms with Crippen molar-refractivity contribution in [2.75, 3.05) is 0 Å². The van der Waals surface area contributed by atoms with Gasteiger partial charge in [0.25, 0.3) is 0 Å². The first kappa shape index (κ1) is 10.7. The molecule has 0 fully saturated rings. The summed E-state index contributed by atoms with van der Waals surface area (Å²) < 4.78 is 0. The molecule has 5 nitrogen and oxygen atoms in total. The first-order chi connectivity index (χ1) is 6.56. The predicted octanol–water partition coefficient (Wildman–Crippen LogP) is 3.63. The number of aromatic carboxylic acids is 1. The van der Waals surface area contributed by atoms with E-state index in [1.807, 2.05) is 0 Å². The normalized spacial score (nSPS) is 9.29. The number of carbonyl (C=O) groups is 1. The van der Waals surface area contributed by atoms with E-state index in [2.05, 4.69) is 10.0 Å². The summed E-state index contributed by atoms with van der Waals surface area (Å²) >= 11 is 11.2. The minimum Gasteiger partial charge on any atom is -0.478 e. The Balaban J connectivity index is 3.45. The second kappa shape index (κ2) is 4.19. The minimum atomic E-state index is -1.23. The summed E-state index contributed by atoms with van der Waals surface area (Å²) in [6.45, 7) is 0. The van der Waals surface area contributed by atoms with Crippen molar-refractivity contribution >= 4 is 34.9 Å². The molecule has 0 unspecified atom stereocenters. The average molecular weight is 232 g/mol. The lowest BCUT2D eigenvalue weighted by Gasteiger charge is -2.02. The van der Waals surface area contributed by atoms with Crippen LogP contribution in [0.3, 0.4) is 0 Å². The van der Waals surface area contributed by atoms with Crippen LogP contribution in [0.4, 0.5) is 5.69 Å². The SMILES string of the molecule is [N-]=[N+]=Nc1cc(Cl)c(Cl)cc1C(=O)O. The summed E-state index contributed by atoms with van der Waals surface area (Å²) in [5.74, 6) is -1.23. The molecule has 0 spiro atoms. The zero-order valence-electron chi connectivity index (χ0n) is 6.61. The van der Waals surface area contributed by atoms with Gasteiger partial charge in [-0.05, 0) is 17.7 Å². The second-order valence-electron chi connectivity index (χ2n) is 2.28.